The maximum Gasteiger partial charge on any atom is 0.212 e. The van der Waals surface area contributed by atoms with Gasteiger partial charge in [-0.15, -0.1) is 11.3 Å². The molecule has 0 saturated heterocycles. The second kappa shape index (κ2) is 4.10. The van der Waals surface area contributed by atoms with Crippen LogP contribution in [0, 0.1) is 0 Å². The number of hydrogen-bond acceptors (Lipinski definition) is 5. The van der Waals surface area contributed by atoms with E-state index in [2.05, 4.69) is 20.3 Å². The van der Waals surface area contributed by atoms with Crippen molar-refractivity contribution in [1.82, 2.24) is 15.0 Å². The summed E-state index contributed by atoms with van der Waals surface area (Å²) in [6, 6.07) is 3.84. The van der Waals surface area contributed by atoms with E-state index in [-0.39, 0.29) is 0 Å². The summed E-state index contributed by atoms with van der Waals surface area (Å²) in [5.74, 6) is 0.615. The quantitative estimate of drug-likeness (QED) is 0.694. The van der Waals surface area contributed by atoms with E-state index in [1.165, 1.54) is 0 Å². The normalized spacial score (nSPS) is 10.6. The van der Waals surface area contributed by atoms with E-state index in [0.717, 1.165) is 21.3 Å². The lowest BCUT2D eigenvalue weighted by Crippen LogP contribution is -1.86. The van der Waals surface area contributed by atoms with Gasteiger partial charge in [-0.3, -0.25) is 0 Å². The maximum atomic E-state index is 5.04. The van der Waals surface area contributed by atoms with Crippen LogP contribution in [0.5, 0.6) is 5.88 Å². The van der Waals surface area contributed by atoms with E-state index in [4.69, 9.17) is 4.74 Å². The molecule has 0 radical (unpaired) electrons. The Morgan fingerprint density at radius 2 is 2.12 bits per heavy atom. The predicted octanol–water partition coefficient (Wildman–Crippen LogP) is 2.76. The second-order valence-corrected chi connectivity index (χ2v) is 4.34. The number of pyridine rings is 1. The van der Waals surface area contributed by atoms with E-state index in [9.17, 15) is 0 Å². The molecule has 4 nitrogen and oxygen atoms in total. The first kappa shape index (κ1) is 10.2. The van der Waals surface area contributed by atoms with Crippen molar-refractivity contribution in [2.24, 2.45) is 0 Å². The van der Waals surface area contributed by atoms with E-state index in [1.54, 1.807) is 31.0 Å². The molecule has 0 amide bonds. The Hall–Kier alpha value is -2.01. The molecule has 3 heterocycles. The average Bonchev–Trinajstić information content (AvgIpc) is 2.83. The second-order valence-electron chi connectivity index (χ2n) is 3.48. The molecule has 17 heavy (non-hydrogen) atoms. The van der Waals surface area contributed by atoms with Gasteiger partial charge >= 0.3 is 0 Å². The van der Waals surface area contributed by atoms with Gasteiger partial charge in [0.05, 0.1) is 7.11 Å². The van der Waals surface area contributed by atoms with E-state index < -0.39 is 0 Å². The van der Waals surface area contributed by atoms with Gasteiger partial charge in [-0.25, -0.2) is 15.0 Å². The van der Waals surface area contributed by atoms with Gasteiger partial charge in [0.2, 0.25) is 5.88 Å². The molecule has 0 aliphatic rings. The van der Waals surface area contributed by atoms with Crippen molar-refractivity contribution >= 4 is 21.6 Å². The highest BCUT2D eigenvalue weighted by molar-refractivity contribution is 7.17. The molecule has 0 atom stereocenters. The third kappa shape index (κ3) is 1.74. The Labute approximate surface area is 102 Å². The van der Waals surface area contributed by atoms with Crippen LogP contribution in [-0.4, -0.2) is 22.1 Å². The summed E-state index contributed by atoms with van der Waals surface area (Å²) in [5, 5.41) is 3.13. The molecule has 0 aliphatic carbocycles. The third-order valence-electron chi connectivity index (χ3n) is 2.51. The number of thiophene rings is 1. The fraction of sp³-hybridized carbons (Fsp3) is 0.0833. The van der Waals surface area contributed by atoms with Crippen LogP contribution >= 0.6 is 11.3 Å². The zero-order chi connectivity index (χ0) is 11.7. The van der Waals surface area contributed by atoms with Crippen LogP contribution in [0.25, 0.3) is 21.3 Å². The van der Waals surface area contributed by atoms with Crippen LogP contribution in [-0.2, 0) is 0 Å². The van der Waals surface area contributed by atoms with Gasteiger partial charge in [0.15, 0.2) is 0 Å². The summed E-state index contributed by atoms with van der Waals surface area (Å²) < 4.78 is 5.04. The molecule has 0 bridgehead atoms. The van der Waals surface area contributed by atoms with Gasteiger partial charge in [0.1, 0.15) is 11.2 Å². The minimum absolute atomic E-state index is 0.615. The van der Waals surface area contributed by atoms with Crippen molar-refractivity contribution in [3.8, 4) is 17.0 Å². The van der Waals surface area contributed by atoms with Crippen molar-refractivity contribution in [3.05, 3.63) is 36.2 Å². The van der Waals surface area contributed by atoms with Crippen LogP contribution in [0.2, 0.25) is 0 Å². The molecule has 0 spiro atoms. The van der Waals surface area contributed by atoms with Crippen LogP contribution < -0.4 is 4.74 Å². The van der Waals surface area contributed by atoms with Crippen molar-refractivity contribution < 1.29 is 4.74 Å². The number of fused-ring (bicyclic) bond motifs is 1. The van der Waals surface area contributed by atoms with E-state index in [1.807, 2.05) is 18.3 Å². The molecular formula is C12H9N3OS. The van der Waals surface area contributed by atoms with Gasteiger partial charge in [-0.2, -0.15) is 0 Å². The number of rotatable bonds is 2. The monoisotopic (exact) mass is 243 g/mol. The molecule has 0 fully saturated rings. The van der Waals surface area contributed by atoms with Gasteiger partial charge < -0.3 is 4.74 Å². The Bertz CT molecular complexity index is 648. The summed E-state index contributed by atoms with van der Waals surface area (Å²) in [4.78, 5) is 13.5. The zero-order valence-electron chi connectivity index (χ0n) is 9.12. The number of ether oxygens (including phenoxy) is 1. The number of hydrogen-bond donors (Lipinski definition) is 0. The number of nitrogens with zero attached hydrogens (tertiary/aromatic N) is 3. The molecule has 0 aliphatic heterocycles. The molecule has 5 heteroatoms. The zero-order valence-corrected chi connectivity index (χ0v) is 9.94. The van der Waals surface area contributed by atoms with Crippen LogP contribution in [0.15, 0.2) is 36.2 Å². The van der Waals surface area contributed by atoms with Gasteiger partial charge in [-0.1, -0.05) is 0 Å². The molecule has 0 aromatic carbocycles. The first-order valence-corrected chi connectivity index (χ1v) is 5.94. The summed E-state index contributed by atoms with van der Waals surface area (Å²) in [6.45, 7) is 0. The summed E-state index contributed by atoms with van der Waals surface area (Å²) >= 11 is 1.61. The first-order valence-electron chi connectivity index (χ1n) is 5.06. The lowest BCUT2D eigenvalue weighted by atomic mass is 10.1. The molecule has 0 saturated carbocycles. The Morgan fingerprint density at radius 1 is 1.18 bits per heavy atom. The lowest BCUT2D eigenvalue weighted by Gasteiger charge is -2.01. The van der Waals surface area contributed by atoms with Gasteiger partial charge in [0.25, 0.3) is 0 Å². The average molecular weight is 243 g/mol. The van der Waals surface area contributed by atoms with E-state index in [0.29, 0.717) is 5.88 Å². The largest absolute Gasteiger partial charge is 0.481 e. The minimum Gasteiger partial charge on any atom is -0.481 e. The van der Waals surface area contributed by atoms with Crippen LogP contribution in [0.1, 0.15) is 0 Å². The topological polar surface area (TPSA) is 47.9 Å². The Kier molecular flexibility index (Phi) is 2.45. The number of aromatic nitrogens is 3. The first-order chi connectivity index (χ1) is 8.38. The fourth-order valence-electron chi connectivity index (χ4n) is 1.66. The lowest BCUT2D eigenvalue weighted by molar-refractivity contribution is 0.398. The van der Waals surface area contributed by atoms with Crippen molar-refractivity contribution in [2.45, 2.75) is 0 Å². The number of methoxy groups -OCH3 is 1. The summed E-state index contributed by atoms with van der Waals surface area (Å²) in [6.07, 6.45) is 5.20. The van der Waals surface area contributed by atoms with Crippen molar-refractivity contribution in [1.29, 1.82) is 0 Å². The molecule has 0 N–H and O–H groups in total. The van der Waals surface area contributed by atoms with Crippen molar-refractivity contribution in [2.75, 3.05) is 7.11 Å². The summed E-state index contributed by atoms with van der Waals surface area (Å²) in [5.41, 5.74) is 2.16. The predicted molar refractivity (Wildman–Crippen MR) is 67.2 cm³/mol. The fourth-order valence-corrected chi connectivity index (χ4v) is 2.55. The van der Waals surface area contributed by atoms with Gasteiger partial charge in [-0.05, 0) is 6.07 Å². The van der Waals surface area contributed by atoms with Gasteiger partial charge in [0, 0.05) is 40.4 Å². The highest BCUT2D eigenvalue weighted by atomic mass is 32.1. The minimum atomic E-state index is 0.615. The molecule has 84 valence electrons. The Morgan fingerprint density at radius 3 is 2.88 bits per heavy atom. The molecule has 3 aromatic rings. The standard InChI is InChI=1S/C12H9N3OS/c1-16-11-3-2-8(4-14-11)10-6-17-12-9(10)5-13-7-15-12/h2-7H,1H3. The highest BCUT2D eigenvalue weighted by Gasteiger charge is 2.07. The highest BCUT2D eigenvalue weighted by Crippen LogP contribution is 2.32. The Balaban J connectivity index is 2.13. The van der Waals surface area contributed by atoms with Crippen molar-refractivity contribution in [3.63, 3.8) is 0 Å². The smallest absolute Gasteiger partial charge is 0.212 e. The molecular weight excluding hydrogens is 234 g/mol. The molecule has 0 unspecified atom stereocenters. The van der Waals surface area contributed by atoms with Crippen LogP contribution in [0.4, 0.5) is 0 Å². The van der Waals surface area contributed by atoms with Crippen LogP contribution in [0.3, 0.4) is 0 Å². The molecule has 3 rings (SSSR count). The third-order valence-corrected chi connectivity index (χ3v) is 3.41. The summed E-state index contributed by atoms with van der Waals surface area (Å²) in [7, 11) is 1.61. The molecule has 3 aromatic heterocycles. The van der Waals surface area contributed by atoms with E-state index >= 15 is 0 Å². The SMILES string of the molecule is COc1ccc(-c2csc3ncncc23)cn1. The maximum absolute atomic E-state index is 5.04.